The average Bonchev–Trinajstić information content (AvgIpc) is 3.12. The van der Waals surface area contributed by atoms with E-state index in [0.717, 1.165) is 31.5 Å². The quantitative estimate of drug-likeness (QED) is 0.654. The largest absolute Gasteiger partial charge is 0.415 e. The van der Waals surface area contributed by atoms with E-state index in [1.165, 1.54) is 12.0 Å². The Balaban J connectivity index is 1.47. The minimum Gasteiger partial charge on any atom is -0.415 e. The molecule has 5 nitrogen and oxygen atoms in total. The van der Waals surface area contributed by atoms with Crippen LogP contribution < -0.4 is 0 Å². The van der Waals surface area contributed by atoms with Crippen LogP contribution in [0.4, 0.5) is 8.78 Å². The maximum absolute atomic E-state index is 12.5. The molecule has 0 N–H and O–H groups in total. The van der Waals surface area contributed by atoms with Gasteiger partial charge >= 0.3 is 6.43 Å². The van der Waals surface area contributed by atoms with Gasteiger partial charge < -0.3 is 4.42 Å². The standard InChI is InChI=1S/C19H18F2N4O/c20-16(21)18-25-24-17(26-18)14-11-22-15(23-12-14)10-19(7-4-8-19)9-13-5-2-1-3-6-13/h1-3,5-6,11-12,16H,4,7-10H2. The van der Waals surface area contributed by atoms with Gasteiger partial charge in [-0.2, -0.15) is 8.78 Å². The lowest BCUT2D eigenvalue weighted by Crippen LogP contribution is -2.34. The third-order valence-corrected chi connectivity index (χ3v) is 4.95. The average molecular weight is 356 g/mol. The summed E-state index contributed by atoms with van der Waals surface area (Å²) in [7, 11) is 0. The first-order valence-corrected chi connectivity index (χ1v) is 8.60. The maximum atomic E-state index is 12.5. The number of aromatic nitrogens is 4. The summed E-state index contributed by atoms with van der Waals surface area (Å²) in [4.78, 5) is 8.78. The van der Waals surface area contributed by atoms with Gasteiger partial charge in [-0.05, 0) is 30.2 Å². The molecule has 0 spiro atoms. The van der Waals surface area contributed by atoms with E-state index in [9.17, 15) is 8.78 Å². The van der Waals surface area contributed by atoms with Crippen molar-refractivity contribution in [1.29, 1.82) is 0 Å². The van der Waals surface area contributed by atoms with E-state index in [-0.39, 0.29) is 11.3 Å². The van der Waals surface area contributed by atoms with Crippen molar-refractivity contribution in [2.45, 2.75) is 38.5 Å². The van der Waals surface area contributed by atoms with Crippen LogP contribution >= 0.6 is 0 Å². The van der Waals surface area contributed by atoms with Gasteiger partial charge in [0.15, 0.2) is 0 Å². The first-order chi connectivity index (χ1) is 12.6. The number of benzene rings is 1. The lowest BCUT2D eigenvalue weighted by molar-refractivity contribution is 0.116. The van der Waals surface area contributed by atoms with Crippen molar-refractivity contribution >= 4 is 0 Å². The van der Waals surface area contributed by atoms with Crippen molar-refractivity contribution in [3.8, 4) is 11.5 Å². The van der Waals surface area contributed by atoms with Crippen LogP contribution in [0.15, 0.2) is 47.1 Å². The lowest BCUT2D eigenvalue weighted by atomic mass is 9.63. The zero-order valence-electron chi connectivity index (χ0n) is 14.1. The molecule has 2 heterocycles. The number of alkyl halides is 2. The molecule has 0 aliphatic heterocycles. The van der Waals surface area contributed by atoms with Gasteiger partial charge in [-0.25, -0.2) is 9.97 Å². The highest BCUT2D eigenvalue weighted by molar-refractivity contribution is 5.48. The van der Waals surface area contributed by atoms with E-state index in [1.807, 2.05) is 6.07 Å². The molecule has 26 heavy (non-hydrogen) atoms. The first-order valence-electron chi connectivity index (χ1n) is 8.60. The Kier molecular flexibility index (Phi) is 4.44. The summed E-state index contributed by atoms with van der Waals surface area (Å²) >= 11 is 0. The second-order valence-corrected chi connectivity index (χ2v) is 6.83. The Morgan fingerprint density at radius 1 is 1.00 bits per heavy atom. The Labute approximate surface area is 149 Å². The Morgan fingerprint density at radius 2 is 1.73 bits per heavy atom. The second-order valence-electron chi connectivity index (χ2n) is 6.83. The monoisotopic (exact) mass is 356 g/mol. The Hall–Kier alpha value is -2.70. The number of hydrogen-bond acceptors (Lipinski definition) is 5. The van der Waals surface area contributed by atoms with Crippen LogP contribution in [0, 0.1) is 5.41 Å². The minimum atomic E-state index is -2.78. The summed E-state index contributed by atoms with van der Waals surface area (Å²) in [6, 6.07) is 10.5. The Morgan fingerprint density at radius 3 is 2.31 bits per heavy atom. The van der Waals surface area contributed by atoms with Crippen LogP contribution in [0.5, 0.6) is 0 Å². The van der Waals surface area contributed by atoms with Gasteiger partial charge in [-0.1, -0.05) is 36.8 Å². The van der Waals surface area contributed by atoms with E-state index in [0.29, 0.717) is 5.56 Å². The van der Waals surface area contributed by atoms with Crippen LogP contribution in [0.1, 0.15) is 43.0 Å². The fourth-order valence-electron chi connectivity index (χ4n) is 3.45. The summed E-state index contributed by atoms with van der Waals surface area (Å²) in [5.41, 5.74) is 1.98. The van der Waals surface area contributed by atoms with E-state index in [1.54, 1.807) is 12.4 Å². The highest BCUT2D eigenvalue weighted by Crippen LogP contribution is 2.45. The molecular weight excluding hydrogens is 338 g/mol. The van der Waals surface area contributed by atoms with Gasteiger partial charge in [-0.3, -0.25) is 0 Å². The van der Waals surface area contributed by atoms with Crippen LogP contribution in [0.2, 0.25) is 0 Å². The molecule has 0 unspecified atom stereocenters. The number of nitrogens with zero attached hydrogens (tertiary/aromatic N) is 4. The van der Waals surface area contributed by atoms with Gasteiger partial charge in [0.2, 0.25) is 0 Å². The highest BCUT2D eigenvalue weighted by Gasteiger charge is 2.37. The van der Waals surface area contributed by atoms with Gasteiger partial charge in [-0.15, -0.1) is 10.2 Å². The molecule has 1 aliphatic carbocycles. The minimum absolute atomic E-state index is 0.00879. The van der Waals surface area contributed by atoms with E-state index >= 15 is 0 Å². The molecule has 1 aliphatic rings. The predicted molar refractivity (Wildman–Crippen MR) is 90.4 cm³/mol. The molecule has 134 valence electrons. The van der Waals surface area contributed by atoms with Crippen molar-refractivity contribution in [3.63, 3.8) is 0 Å². The molecule has 2 aromatic heterocycles. The smallest absolute Gasteiger partial charge is 0.314 e. The summed E-state index contributed by atoms with van der Waals surface area (Å²) in [5.74, 6) is 0.0628. The molecule has 1 fully saturated rings. The molecule has 7 heteroatoms. The third-order valence-electron chi connectivity index (χ3n) is 4.95. The summed E-state index contributed by atoms with van der Waals surface area (Å²) < 4.78 is 30.0. The van der Waals surface area contributed by atoms with Gasteiger partial charge in [0.1, 0.15) is 5.82 Å². The van der Waals surface area contributed by atoms with Crippen molar-refractivity contribution in [2.24, 2.45) is 5.41 Å². The van der Waals surface area contributed by atoms with Crippen molar-refractivity contribution < 1.29 is 13.2 Å². The molecule has 4 rings (SSSR count). The van der Waals surface area contributed by atoms with Crippen LogP contribution in [0.3, 0.4) is 0 Å². The molecule has 0 amide bonds. The van der Waals surface area contributed by atoms with Gasteiger partial charge in [0, 0.05) is 18.8 Å². The fourth-order valence-corrected chi connectivity index (χ4v) is 3.45. The highest BCUT2D eigenvalue weighted by atomic mass is 19.3. The van der Waals surface area contributed by atoms with Gasteiger partial charge in [0.05, 0.1) is 5.56 Å². The van der Waals surface area contributed by atoms with E-state index in [2.05, 4.69) is 44.4 Å². The lowest BCUT2D eigenvalue weighted by Gasteiger charge is -2.42. The molecule has 0 saturated heterocycles. The van der Waals surface area contributed by atoms with Crippen LogP contribution in [-0.4, -0.2) is 20.2 Å². The normalized spacial score (nSPS) is 15.8. The molecule has 0 bridgehead atoms. The fraction of sp³-hybridized carbons (Fsp3) is 0.368. The molecule has 0 radical (unpaired) electrons. The Bertz CT molecular complexity index is 861. The predicted octanol–water partition coefficient (Wildman–Crippen LogP) is 4.42. The molecule has 0 atom stereocenters. The number of rotatable bonds is 6. The van der Waals surface area contributed by atoms with Crippen molar-refractivity contribution in [3.05, 3.63) is 60.0 Å². The van der Waals surface area contributed by atoms with Crippen LogP contribution in [0.25, 0.3) is 11.5 Å². The van der Waals surface area contributed by atoms with Crippen LogP contribution in [-0.2, 0) is 12.8 Å². The summed E-state index contributed by atoms with van der Waals surface area (Å²) in [6.45, 7) is 0. The third kappa shape index (κ3) is 3.47. The maximum Gasteiger partial charge on any atom is 0.314 e. The number of halogens is 2. The summed E-state index contributed by atoms with van der Waals surface area (Å²) in [5, 5.41) is 6.94. The van der Waals surface area contributed by atoms with Crippen molar-refractivity contribution in [1.82, 2.24) is 20.2 Å². The summed E-state index contributed by atoms with van der Waals surface area (Å²) in [6.07, 6.45) is 5.69. The topological polar surface area (TPSA) is 64.7 Å². The number of hydrogen-bond donors (Lipinski definition) is 0. The molecular formula is C19H18F2N4O. The molecule has 3 aromatic rings. The van der Waals surface area contributed by atoms with E-state index in [4.69, 9.17) is 4.42 Å². The van der Waals surface area contributed by atoms with Gasteiger partial charge in [0.25, 0.3) is 11.8 Å². The zero-order chi connectivity index (χ0) is 18.0. The SMILES string of the molecule is FC(F)c1nnc(-c2cnc(CC3(Cc4ccccc4)CCC3)nc2)o1. The van der Waals surface area contributed by atoms with Crippen molar-refractivity contribution in [2.75, 3.05) is 0 Å². The van der Waals surface area contributed by atoms with E-state index < -0.39 is 12.3 Å². The second kappa shape index (κ2) is 6.90. The first kappa shape index (κ1) is 16.8. The molecule has 1 aromatic carbocycles. The molecule has 1 saturated carbocycles. The zero-order valence-corrected chi connectivity index (χ0v) is 14.1.